The molecule has 0 saturated heterocycles. The maximum absolute atomic E-state index is 13.3. The number of methoxy groups -OCH3 is 1. The summed E-state index contributed by atoms with van der Waals surface area (Å²) in [5.41, 5.74) is 6.89. The number of nitrogens with one attached hydrogen (secondary N) is 1. The van der Waals surface area contributed by atoms with Gasteiger partial charge in [-0.05, 0) is 54.8 Å². The number of hydrogen-bond acceptors (Lipinski definition) is 8. The normalized spacial score (nSPS) is 12.4. The maximum Gasteiger partial charge on any atom is 0.433 e. The van der Waals surface area contributed by atoms with Crippen molar-refractivity contribution in [3.63, 3.8) is 0 Å². The number of hydrogen-bond donors (Lipinski definition) is 3. The Kier molecular flexibility index (Phi) is 9.14. The summed E-state index contributed by atoms with van der Waals surface area (Å²) < 4.78 is 50.8. The zero-order chi connectivity index (χ0) is 29.7. The predicted molar refractivity (Wildman–Crippen MR) is 148 cm³/mol. The summed E-state index contributed by atoms with van der Waals surface area (Å²) in [6, 6.07) is 12.8. The lowest BCUT2D eigenvalue weighted by Gasteiger charge is -2.21. The maximum atomic E-state index is 13.3. The minimum atomic E-state index is -4.63. The van der Waals surface area contributed by atoms with Crippen LogP contribution in [-0.4, -0.2) is 47.8 Å². The number of benzene rings is 2. The molecule has 4 rings (SSSR count). The lowest BCUT2D eigenvalue weighted by Crippen LogP contribution is -2.25. The summed E-state index contributed by atoms with van der Waals surface area (Å²) >= 11 is 0. The topological polar surface area (TPSA) is 127 Å². The third kappa shape index (κ3) is 6.77. The second-order valence-electron chi connectivity index (χ2n) is 9.52. The van der Waals surface area contributed by atoms with Crippen molar-refractivity contribution >= 4 is 22.5 Å². The summed E-state index contributed by atoms with van der Waals surface area (Å²) in [4.78, 5) is 23.2. The fraction of sp³-hybridized carbons (Fsp3) is 0.345. The van der Waals surface area contributed by atoms with Crippen LogP contribution in [0.15, 0.2) is 52.9 Å². The molecule has 12 heteroatoms. The van der Waals surface area contributed by atoms with E-state index in [-0.39, 0.29) is 47.8 Å². The van der Waals surface area contributed by atoms with Crippen LogP contribution in [0.5, 0.6) is 5.75 Å². The van der Waals surface area contributed by atoms with Crippen LogP contribution in [0.1, 0.15) is 47.3 Å². The third-order valence-corrected chi connectivity index (χ3v) is 6.76. The van der Waals surface area contributed by atoms with E-state index >= 15 is 0 Å². The van der Waals surface area contributed by atoms with Gasteiger partial charge < -0.3 is 30.2 Å². The highest BCUT2D eigenvalue weighted by Crippen LogP contribution is 2.37. The number of aromatic nitrogens is 2. The molecule has 9 nitrogen and oxygen atoms in total. The average molecular weight is 572 g/mol. The molecule has 0 bridgehead atoms. The number of nitrogens with zero attached hydrogens (tertiary/aromatic N) is 3. The highest BCUT2D eigenvalue weighted by molar-refractivity contribution is 5.98. The molecular weight excluding hydrogens is 539 g/mol. The molecule has 2 aromatic heterocycles. The number of rotatable bonds is 11. The number of ether oxygens (including phenoxy) is 1. The number of carbonyl (C=O) groups excluding carboxylic acids is 1. The average Bonchev–Trinajstić information content (AvgIpc) is 3.41. The van der Waals surface area contributed by atoms with Gasteiger partial charge in [0.2, 0.25) is 5.89 Å². The molecular formula is C29H32F3N5O4. The van der Waals surface area contributed by atoms with Gasteiger partial charge in [0.15, 0.2) is 11.5 Å². The van der Waals surface area contributed by atoms with Crippen LogP contribution in [0.2, 0.25) is 0 Å². The van der Waals surface area contributed by atoms with Crippen molar-refractivity contribution in [2.75, 3.05) is 25.6 Å². The Hall–Kier alpha value is -4.16. The van der Waals surface area contributed by atoms with Crippen molar-refractivity contribution in [1.82, 2.24) is 15.3 Å². The van der Waals surface area contributed by atoms with Gasteiger partial charge in [-0.1, -0.05) is 19.1 Å². The van der Waals surface area contributed by atoms with Crippen molar-refractivity contribution in [3.05, 3.63) is 71.2 Å². The van der Waals surface area contributed by atoms with Gasteiger partial charge in [-0.3, -0.25) is 4.79 Å². The molecule has 4 aromatic rings. The minimum Gasteiger partial charge on any atom is -0.494 e. The van der Waals surface area contributed by atoms with Crippen LogP contribution in [0.3, 0.4) is 0 Å². The van der Waals surface area contributed by atoms with E-state index in [4.69, 9.17) is 14.9 Å². The van der Waals surface area contributed by atoms with Gasteiger partial charge in [-0.2, -0.15) is 13.2 Å². The third-order valence-electron chi connectivity index (χ3n) is 6.76. The van der Waals surface area contributed by atoms with Crippen LogP contribution < -0.4 is 20.7 Å². The highest BCUT2D eigenvalue weighted by Gasteiger charge is 2.33. The molecule has 0 aliphatic heterocycles. The number of fused-ring (bicyclic) bond motifs is 1. The lowest BCUT2D eigenvalue weighted by molar-refractivity contribution is -0.140. The molecule has 2 heterocycles. The quantitative estimate of drug-likeness (QED) is 0.232. The summed E-state index contributed by atoms with van der Waals surface area (Å²) in [6.07, 6.45) is -3.58. The Morgan fingerprint density at radius 2 is 1.88 bits per heavy atom. The molecule has 2 aromatic carbocycles. The van der Waals surface area contributed by atoms with Crippen molar-refractivity contribution in [2.24, 2.45) is 5.73 Å². The number of oxazole rings is 1. The van der Waals surface area contributed by atoms with Crippen LogP contribution in [0.25, 0.3) is 22.4 Å². The molecule has 0 aliphatic carbocycles. The zero-order valence-corrected chi connectivity index (χ0v) is 23.0. The summed E-state index contributed by atoms with van der Waals surface area (Å²) in [5, 5.41) is 12.9. The molecule has 4 N–H and O–H groups in total. The Morgan fingerprint density at radius 1 is 1.15 bits per heavy atom. The van der Waals surface area contributed by atoms with Gasteiger partial charge in [-0.25, -0.2) is 9.97 Å². The first kappa shape index (κ1) is 29.8. The Bertz CT molecular complexity index is 1510. The van der Waals surface area contributed by atoms with E-state index in [2.05, 4.69) is 15.3 Å². The van der Waals surface area contributed by atoms with Crippen molar-refractivity contribution in [1.29, 1.82) is 0 Å². The Labute approximate surface area is 235 Å². The summed E-state index contributed by atoms with van der Waals surface area (Å²) in [7, 11) is 3.29. The molecule has 0 saturated carbocycles. The van der Waals surface area contributed by atoms with E-state index in [1.165, 1.54) is 19.2 Å². The Balaban J connectivity index is 1.52. The molecule has 0 spiro atoms. The number of carbonyl (C=O) groups is 1. The molecule has 0 radical (unpaired) electrons. The molecule has 1 atom stereocenters. The first-order valence-electron chi connectivity index (χ1n) is 13.1. The van der Waals surface area contributed by atoms with Gasteiger partial charge in [0.1, 0.15) is 17.0 Å². The predicted octanol–water partition coefficient (Wildman–Crippen LogP) is 4.90. The largest absolute Gasteiger partial charge is 0.494 e. The SMILES string of the molecule is CCC(O)CCN(C)c1ccc(CNC(=O)c2nc(-c3ccc(OC)c4nc(C(F)(F)F)ccc34)oc2CN)cc1. The fourth-order valence-electron chi connectivity index (χ4n) is 4.29. The number of alkyl halides is 3. The molecule has 0 fully saturated rings. The van der Waals surface area contributed by atoms with Crippen LogP contribution in [0, 0.1) is 0 Å². The molecule has 41 heavy (non-hydrogen) atoms. The van der Waals surface area contributed by atoms with Gasteiger partial charge >= 0.3 is 6.18 Å². The van der Waals surface area contributed by atoms with Crippen molar-refractivity contribution < 1.29 is 32.2 Å². The standard InChI is InChI=1S/C29H32F3N5O4/c1-4-19(38)13-14-37(2)18-7-5-17(6-8-18)16-34-27(39)26-23(15-33)41-28(36-26)21-9-11-22(40-3)25-20(21)10-12-24(35-25)29(30,31)32/h5-12,19,38H,4,13-16,33H2,1-3H3,(H,34,39). The first-order chi connectivity index (χ1) is 19.5. The van der Waals surface area contributed by atoms with E-state index in [0.717, 1.165) is 17.3 Å². The molecule has 218 valence electrons. The number of pyridine rings is 1. The fourth-order valence-corrected chi connectivity index (χ4v) is 4.29. The van der Waals surface area contributed by atoms with Gasteiger partial charge in [0.05, 0.1) is 19.8 Å². The van der Waals surface area contributed by atoms with Crippen molar-refractivity contribution in [3.8, 4) is 17.2 Å². The zero-order valence-electron chi connectivity index (χ0n) is 23.0. The van der Waals surface area contributed by atoms with Gasteiger partial charge in [-0.15, -0.1) is 0 Å². The van der Waals surface area contributed by atoms with E-state index in [1.807, 2.05) is 43.1 Å². The van der Waals surface area contributed by atoms with Crippen LogP contribution >= 0.6 is 0 Å². The van der Waals surface area contributed by atoms with Crippen molar-refractivity contribution in [2.45, 2.75) is 45.1 Å². The number of aliphatic hydroxyl groups excluding tert-OH is 1. The number of anilines is 1. The first-order valence-corrected chi connectivity index (χ1v) is 13.1. The number of aliphatic hydroxyl groups is 1. The Morgan fingerprint density at radius 3 is 2.51 bits per heavy atom. The summed E-state index contributed by atoms with van der Waals surface area (Å²) in [5.74, 6) is -0.211. The lowest BCUT2D eigenvalue weighted by atomic mass is 10.1. The number of amides is 1. The monoisotopic (exact) mass is 571 g/mol. The van der Waals surface area contributed by atoms with Gasteiger partial charge in [0, 0.05) is 36.8 Å². The van der Waals surface area contributed by atoms with Gasteiger partial charge in [0.25, 0.3) is 5.91 Å². The van der Waals surface area contributed by atoms with Crippen LogP contribution in [0.4, 0.5) is 18.9 Å². The number of nitrogens with two attached hydrogens (primary N) is 1. The minimum absolute atomic E-state index is 0.0165. The van der Waals surface area contributed by atoms with E-state index in [1.54, 1.807) is 6.07 Å². The van der Waals surface area contributed by atoms with E-state index < -0.39 is 17.8 Å². The van der Waals surface area contributed by atoms with Crippen LogP contribution in [-0.2, 0) is 19.3 Å². The molecule has 1 unspecified atom stereocenters. The smallest absolute Gasteiger partial charge is 0.433 e. The molecule has 1 amide bonds. The number of halogens is 3. The van der Waals surface area contributed by atoms with E-state index in [9.17, 15) is 23.1 Å². The highest BCUT2D eigenvalue weighted by atomic mass is 19.4. The molecule has 0 aliphatic rings. The second kappa shape index (κ2) is 12.6. The second-order valence-corrected chi connectivity index (χ2v) is 9.52. The summed E-state index contributed by atoms with van der Waals surface area (Å²) in [6.45, 7) is 2.76. The van der Waals surface area contributed by atoms with E-state index in [0.29, 0.717) is 30.3 Å².